The van der Waals surface area contributed by atoms with E-state index in [0.29, 0.717) is 0 Å². The second-order valence-corrected chi connectivity index (χ2v) is 12.4. The molecular weight excluding hydrogens is 590 g/mol. The van der Waals surface area contributed by atoms with E-state index < -0.39 is 0 Å². The fraction of sp³-hybridized carbons (Fsp3) is 0. The molecule has 0 bridgehead atoms. The van der Waals surface area contributed by atoms with Crippen molar-refractivity contribution in [2.24, 2.45) is 0 Å². The molecule has 0 fully saturated rings. The summed E-state index contributed by atoms with van der Waals surface area (Å²) < 4.78 is 17.8. The maximum Gasteiger partial charge on any atom is 0.160 e. The van der Waals surface area contributed by atoms with Crippen molar-refractivity contribution in [3.05, 3.63) is 152 Å². The maximum atomic E-state index is 6.87. The number of rotatable bonds is 3. The number of furan rings is 2. The standard InChI is InChI=1S/C43H25N3O2/c1-3-11-26(12-4-1)43-44-35-25-40-34(24-37(35)46(43)27-13-5-2-6-14-27)33-22-21-32-29-15-7-9-17-36(29)45(41(32)42(33)48-40)28-19-20-31-30-16-8-10-18-38(30)47-39(31)23-28/h1-25H. The minimum Gasteiger partial charge on any atom is -0.456 e. The Morgan fingerprint density at radius 1 is 0.417 bits per heavy atom. The number of aromatic nitrogens is 3. The third-order valence-electron chi connectivity index (χ3n) is 9.72. The molecule has 0 unspecified atom stereocenters. The van der Waals surface area contributed by atoms with Crippen LogP contribution in [0.15, 0.2) is 160 Å². The maximum absolute atomic E-state index is 6.87. The molecule has 0 N–H and O–H groups in total. The van der Waals surface area contributed by atoms with Gasteiger partial charge in [0.05, 0.1) is 27.8 Å². The summed E-state index contributed by atoms with van der Waals surface area (Å²) in [5, 5.41) is 6.67. The molecule has 5 nitrogen and oxygen atoms in total. The first-order valence-corrected chi connectivity index (χ1v) is 16.1. The largest absolute Gasteiger partial charge is 0.456 e. The molecule has 48 heavy (non-hydrogen) atoms. The monoisotopic (exact) mass is 615 g/mol. The summed E-state index contributed by atoms with van der Waals surface area (Å²) in [6, 6.07) is 52.8. The molecule has 0 aliphatic heterocycles. The topological polar surface area (TPSA) is 49.0 Å². The van der Waals surface area contributed by atoms with Crippen LogP contribution in [0, 0.1) is 0 Å². The van der Waals surface area contributed by atoms with Crippen molar-refractivity contribution in [2.45, 2.75) is 0 Å². The van der Waals surface area contributed by atoms with Gasteiger partial charge in [-0.3, -0.25) is 4.57 Å². The molecule has 0 radical (unpaired) electrons. The summed E-state index contributed by atoms with van der Waals surface area (Å²) in [7, 11) is 0. The van der Waals surface area contributed by atoms with Crippen LogP contribution in [0.5, 0.6) is 0 Å². The number of fused-ring (bicyclic) bond motifs is 11. The van der Waals surface area contributed by atoms with Gasteiger partial charge in [-0.2, -0.15) is 0 Å². The van der Waals surface area contributed by atoms with E-state index >= 15 is 0 Å². The van der Waals surface area contributed by atoms with Crippen LogP contribution >= 0.6 is 0 Å². The molecule has 0 atom stereocenters. The Bertz CT molecular complexity index is 3050. The van der Waals surface area contributed by atoms with Crippen molar-refractivity contribution < 1.29 is 8.83 Å². The summed E-state index contributed by atoms with van der Waals surface area (Å²) in [4.78, 5) is 5.18. The molecule has 0 spiro atoms. The highest BCUT2D eigenvalue weighted by atomic mass is 16.3. The van der Waals surface area contributed by atoms with E-state index in [1.807, 2.05) is 24.3 Å². The highest BCUT2D eigenvalue weighted by Crippen LogP contribution is 2.42. The lowest BCUT2D eigenvalue weighted by molar-refractivity contribution is 0.668. The van der Waals surface area contributed by atoms with Gasteiger partial charge < -0.3 is 13.4 Å². The van der Waals surface area contributed by atoms with E-state index in [9.17, 15) is 0 Å². The lowest BCUT2D eigenvalue weighted by atomic mass is 10.1. The molecule has 7 aromatic carbocycles. The second kappa shape index (κ2) is 9.47. The summed E-state index contributed by atoms with van der Waals surface area (Å²) >= 11 is 0. The van der Waals surface area contributed by atoms with E-state index in [-0.39, 0.29) is 0 Å². The predicted molar refractivity (Wildman–Crippen MR) is 195 cm³/mol. The molecule has 0 saturated heterocycles. The first-order valence-electron chi connectivity index (χ1n) is 16.1. The zero-order chi connectivity index (χ0) is 31.3. The number of hydrogen-bond acceptors (Lipinski definition) is 3. The Kier molecular flexibility index (Phi) is 5.05. The number of benzene rings is 7. The van der Waals surface area contributed by atoms with Gasteiger partial charge in [0.1, 0.15) is 22.6 Å². The Hall–Kier alpha value is -6.59. The summed E-state index contributed by atoms with van der Waals surface area (Å²) in [5.74, 6) is 0.900. The molecule has 5 heteroatoms. The molecule has 11 rings (SSSR count). The van der Waals surface area contributed by atoms with E-state index in [0.717, 1.165) is 94.1 Å². The zero-order valence-corrected chi connectivity index (χ0v) is 25.6. The summed E-state index contributed by atoms with van der Waals surface area (Å²) in [6.45, 7) is 0. The molecule has 224 valence electrons. The normalized spacial score (nSPS) is 12.2. The van der Waals surface area contributed by atoms with Crippen LogP contribution in [0.4, 0.5) is 0 Å². The first kappa shape index (κ1) is 25.6. The minimum atomic E-state index is 0.812. The average Bonchev–Trinajstić information content (AvgIpc) is 3.89. The third kappa shape index (κ3) is 3.47. The van der Waals surface area contributed by atoms with Crippen LogP contribution in [0.3, 0.4) is 0 Å². The summed E-state index contributed by atoms with van der Waals surface area (Å²) in [6.07, 6.45) is 0. The molecule has 4 aromatic heterocycles. The lowest BCUT2D eigenvalue weighted by Gasteiger charge is -2.09. The van der Waals surface area contributed by atoms with Gasteiger partial charge in [0.15, 0.2) is 5.58 Å². The molecule has 0 saturated carbocycles. The smallest absolute Gasteiger partial charge is 0.160 e. The van der Waals surface area contributed by atoms with E-state index in [1.165, 1.54) is 5.39 Å². The zero-order valence-electron chi connectivity index (χ0n) is 25.6. The average molecular weight is 616 g/mol. The van der Waals surface area contributed by atoms with Gasteiger partial charge in [0, 0.05) is 55.7 Å². The van der Waals surface area contributed by atoms with E-state index in [1.54, 1.807) is 0 Å². The van der Waals surface area contributed by atoms with Crippen molar-refractivity contribution in [3.8, 4) is 22.8 Å². The van der Waals surface area contributed by atoms with Crippen molar-refractivity contribution >= 4 is 76.7 Å². The van der Waals surface area contributed by atoms with Gasteiger partial charge in [-0.1, -0.05) is 91.0 Å². The first-order chi connectivity index (χ1) is 23.8. The van der Waals surface area contributed by atoms with Crippen molar-refractivity contribution in [1.82, 2.24) is 14.1 Å². The summed E-state index contributed by atoms with van der Waals surface area (Å²) in [5.41, 5.74) is 10.6. The SMILES string of the molecule is c1ccc(-c2nc3cc4oc5c(ccc6c7ccccc7n(-c7ccc8c(c7)oc7ccccc78)c65)c4cc3n2-c2ccccc2)cc1. The highest BCUT2D eigenvalue weighted by Gasteiger charge is 2.22. The van der Waals surface area contributed by atoms with Crippen LogP contribution < -0.4 is 0 Å². The molecule has 4 heterocycles. The number of para-hydroxylation sites is 3. The van der Waals surface area contributed by atoms with E-state index in [2.05, 4.69) is 137 Å². The molecule has 0 aliphatic rings. The Morgan fingerprint density at radius 3 is 1.98 bits per heavy atom. The fourth-order valence-electron chi connectivity index (χ4n) is 7.59. The highest BCUT2D eigenvalue weighted by molar-refractivity contribution is 6.22. The number of nitrogens with zero attached hydrogens (tertiary/aromatic N) is 3. The van der Waals surface area contributed by atoms with Gasteiger partial charge in [-0.25, -0.2) is 4.98 Å². The minimum absolute atomic E-state index is 0.812. The van der Waals surface area contributed by atoms with Gasteiger partial charge >= 0.3 is 0 Å². The van der Waals surface area contributed by atoms with Crippen LogP contribution in [-0.2, 0) is 0 Å². The molecular formula is C43H25N3O2. The molecule has 0 aliphatic carbocycles. The third-order valence-corrected chi connectivity index (χ3v) is 9.72. The lowest BCUT2D eigenvalue weighted by Crippen LogP contribution is -1.97. The molecule has 0 amide bonds. The van der Waals surface area contributed by atoms with Gasteiger partial charge in [-0.15, -0.1) is 0 Å². The second-order valence-electron chi connectivity index (χ2n) is 12.4. The number of hydrogen-bond donors (Lipinski definition) is 0. The van der Waals surface area contributed by atoms with Gasteiger partial charge in [0.2, 0.25) is 0 Å². The predicted octanol–water partition coefficient (Wildman–Crippen LogP) is 11.6. The van der Waals surface area contributed by atoms with Gasteiger partial charge in [-0.05, 0) is 48.5 Å². The number of imidazole rings is 1. The van der Waals surface area contributed by atoms with Gasteiger partial charge in [0.25, 0.3) is 0 Å². The fourth-order valence-corrected chi connectivity index (χ4v) is 7.59. The Balaban J connectivity index is 1.22. The van der Waals surface area contributed by atoms with Crippen LogP contribution in [0.2, 0.25) is 0 Å². The Labute approximate surface area is 273 Å². The van der Waals surface area contributed by atoms with Crippen LogP contribution in [0.1, 0.15) is 0 Å². The molecule has 11 aromatic rings. The van der Waals surface area contributed by atoms with Crippen molar-refractivity contribution in [2.75, 3.05) is 0 Å². The van der Waals surface area contributed by atoms with Crippen LogP contribution in [-0.4, -0.2) is 14.1 Å². The van der Waals surface area contributed by atoms with Crippen LogP contribution in [0.25, 0.3) is 99.5 Å². The van der Waals surface area contributed by atoms with Crippen molar-refractivity contribution in [1.29, 1.82) is 0 Å². The quantitative estimate of drug-likeness (QED) is 0.199. The van der Waals surface area contributed by atoms with Crippen molar-refractivity contribution in [3.63, 3.8) is 0 Å². The van der Waals surface area contributed by atoms with E-state index in [4.69, 9.17) is 13.8 Å². The Morgan fingerprint density at radius 2 is 1.10 bits per heavy atom.